The van der Waals surface area contributed by atoms with E-state index >= 15 is 0 Å². The van der Waals surface area contributed by atoms with Crippen LogP contribution in [0.4, 0.5) is 4.39 Å². The zero-order chi connectivity index (χ0) is 20.3. The molecular formula is C22H23FN2O3. The molecule has 2 aromatic rings. The van der Waals surface area contributed by atoms with Crippen LogP contribution in [0.2, 0.25) is 0 Å². The number of hydrogen-bond acceptors (Lipinski definition) is 3. The molecule has 0 bridgehead atoms. The molecule has 5 nitrogen and oxygen atoms in total. The van der Waals surface area contributed by atoms with E-state index in [-0.39, 0.29) is 17.6 Å². The maximum absolute atomic E-state index is 13.3. The standard InChI is InChI=1S/C22H23FN2O3/c1-14(2)12-19(20(26)24-11-10-15-6-5-7-16(23)13-15)25-21(27)17-8-3-4-9-18(17)22(25)28/h3-9,13-14,19H,10-12H2,1-2H3,(H,24,26)/t19-/m0/s1. The second-order valence-electron chi connectivity index (χ2n) is 7.34. The molecule has 1 atom stereocenters. The van der Waals surface area contributed by atoms with Gasteiger partial charge in [0.05, 0.1) is 11.1 Å². The van der Waals surface area contributed by atoms with Crippen molar-refractivity contribution in [2.75, 3.05) is 6.54 Å². The van der Waals surface area contributed by atoms with E-state index in [1.807, 2.05) is 13.8 Å². The van der Waals surface area contributed by atoms with Gasteiger partial charge in [-0.1, -0.05) is 38.1 Å². The van der Waals surface area contributed by atoms with Crippen LogP contribution in [-0.4, -0.2) is 35.2 Å². The Morgan fingerprint density at radius 1 is 1.04 bits per heavy atom. The normalized spacial score (nSPS) is 14.4. The number of carbonyl (C=O) groups excluding carboxylic acids is 3. The van der Waals surface area contributed by atoms with Crippen molar-refractivity contribution in [3.63, 3.8) is 0 Å². The first kappa shape index (κ1) is 19.7. The second kappa shape index (κ2) is 8.33. The summed E-state index contributed by atoms with van der Waals surface area (Å²) in [6, 6.07) is 11.9. The van der Waals surface area contributed by atoms with E-state index in [9.17, 15) is 18.8 Å². The van der Waals surface area contributed by atoms with Gasteiger partial charge in [0.15, 0.2) is 0 Å². The highest BCUT2D eigenvalue weighted by Crippen LogP contribution is 2.27. The van der Waals surface area contributed by atoms with Crippen LogP contribution in [0.25, 0.3) is 0 Å². The fourth-order valence-corrected chi connectivity index (χ4v) is 3.41. The molecule has 146 valence electrons. The summed E-state index contributed by atoms with van der Waals surface area (Å²) >= 11 is 0. The van der Waals surface area contributed by atoms with E-state index in [0.717, 1.165) is 10.5 Å². The number of rotatable bonds is 7. The Kier molecular flexibility index (Phi) is 5.87. The van der Waals surface area contributed by atoms with Gasteiger partial charge < -0.3 is 5.32 Å². The van der Waals surface area contributed by atoms with Crippen LogP contribution in [-0.2, 0) is 11.2 Å². The van der Waals surface area contributed by atoms with Crippen LogP contribution >= 0.6 is 0 Å². The van der Waals surface area contributed by atoms with E-state index in [0.29, 0.717) is 30.5 Å². The monoisotopic (exact) mass is 382 g/mol. The maximum atomic E-state index is 13.3. The van der Waals surface area contributed by atoms with Crippen LogP contribution in [0.5, 0.6) is 0 Å². The topological polar surface area (TPSA) is 66.5 Å². The van der Waals surface area contributed by atoms with Crippen LogP contribution < -0.4 is 5.32 Å². The molecule has 6 heteroatoms. The number of hydrogen-bond donors (Lipinski definition) is 1. The van der Waals surface area contributed by atoms with Crippen molar-refractivity contribution >= 4 is 17.7 Å². The van der Waals surface area contributed by atoms with Crippen LogP contribution in [0.1, 0.15) is 46.5 Å². The van der Waals surface area contributed by atoms with Gasteiger partial charge in [-0.15, -0.1) is 0 Å². The van der Waals surface area contributed by atoms with E-state index in [2.05, 4.69) is 5.32 Å². The van der Waals surface area contributed by atoms with Gasteiger partial charge >= 0.3 is 0 Å². The third kappa shape index (κ3) is 4.11. The lowest BCUT2D eigenvalue weighted by Gasteiger charge is -2.26. The molecule has 1 aliphatic rings. The van der Waals surface area contributed by atoms with Gasteiger partial charge in [0.1, 0.15) is 11.9 Å². The summed E-state index contributed by atoms with van der Waals surface area (Å²) in [5, 5.41) is 2.79. The lowest BCUT2D eigenvalue weighted by Crippen LogP contribution is -2.50. The number of carbonyl (C=O) groups is 3. The molecule has 0 saturated heterocycles. The predicted molar refractivity (Wildman–Crippen MR) is 103 cm³/mol. The highest BCUT2D eigenvalue weighted by Gasteiger charge is 2.42. The molecule has 28 heavy (non-hydrogen) atoms. The third-order valence-electron chi connectivity index (χ3n) is 4.74. The molecule has 1 heterocycles. The summed E-state index contributed by atoms with van der Waals surface area (Å²) in [6.07, 6.45) is 0.831. The van der Waals surface area contributed by atoms with Crippen molar-refractivity contribution in [2.24, 2.45) is 5.92 Å². The van der Waals surface area contributed by atoms with Crippen LogP contribution in [0.3, 0.4) is 0 Å². The summed E-state index contributed by atoms with van der Waals surface area (Å²) in [5.41, 5.74) is 1.42. The Hall–Kier alpha value is -3.02. The quantitative estimate of drug-likeness (QED) is 0.748. The molecule has 0 spiro atoms. The number of imide groups is 1. The minimum atomic E-state index is -0.875. The third-order valence-corrected chi connectivity index (χ3v) is 4.74. The summed E-state index contributed by atoms with van der Waals surface area (Å²) in [5.74, 6) is -1.46. The van der Waals surface area contributed by atoms with Crippen molar-refractivity contribution in [2.45, 2.75) is 32.7 Å². The summed E-state index contributed by atoms with van der Waals surface area (Å²) in [7, 11) is 0. The maximum Gasteiger partial charge on any atom is 0.262 e. The molecule has 1 aliphatic heterocycles. The number of amides is 3. The fourth-order valence-electron chi connectivity index (χ4n) is 3.41. The Balaban J connectivity index is 1.72. The van der Waals surface area contributed by atoms with Gasteiger partial charge in [-0.3, -0.25) is 19.3 Å². The first-order chi connectivity index (χ1) is 13.4. The summed E-state index contributed by atoms with van der Waals surface area (Å²) < 4.78 is 13.3. The highest BCUT2D eigenvalue weighted by atomic mass is 19.1. The Bertz CT molecular complexity index is 875. The molecule has 0 radical (unpaired) electrons. The minimum Gasteiger partial charge on any atom is -0.354 e. The van der Waals surface area contributed by atoms with Crippen LogP contribution in [0.15, 0.2) is 48.5 Å². The number of nitrogens with one attached hydrogen (secondary N) is 1. The van der Waals surface area contributed by atoms with E-state index in [1.54, 1.807) is 36.4 Å². The van der Waals surface area contributed by atoms with Gasteiger partial charge in [0, 0.05) is 6.54 Å². The van der Waals surface area contributed by atoms with Gasteiger partial charge in [0.25, 0.3) is 11.8 Å². The molecule has 1 N–H and O–H groups in total. The second-order valence-corrected chi connectivity index (χ2v) is 7.34. The number of benzene rings is 2. The molecule has 0 aliphatic carbocycles. The van der Waals surface area contributed by atoms with Crippen molar-refractivity contribution < 1.29 is 18.8 Å². The number of fused-ring (bicyclic) bond motifs is 1. The largest absolute Gasteiger partial charge is 0.354 e. The Labute approximate surface area is 163 Å². The van der Waals surface area contributed by atoms with E-state index in [1.165, 1.54) is 12.1 Å². The Morgan fingerprint density at radius 3 is 2.25 bits per heavy atom. The zero-order valence-corrected chi connectivity index (χ0v) is 15.9. The number of halogens is 1. The number of nitrogens with zero attached hydrogens (tertiary/aromatic N) is 1. The lowest BCUT2D eigenvalue weighted by molar-refractivity contribution is -0.125. The molecule has 3 rings (SSSR count). The average molecular weight is 382 g/mol. The minimum absolute atomic E-state index is 0.114. The van der Waals surface area contributed by atoms with Crippen molar-refractivity contribution in [1.82, 2.24) is 10.2 Å². The summed E-state index contributed by atoms with van der Waals surface area (Å²) in [6.45, 7) is 4.16. The predicted octanol–water partition coefficient (Wildman–Crippen LogP) is 3.20. The first-order valence-electron chi connectivity index (χ1n) is 9.37. The highest BCUT2D eigenvalue weighted by molar-refractivity contribution is 6.22. The molecular weight excluding hydrogens is 359 g/mol. The smallest absolute Gasteiger partial charge is 0.262 e. The molecule has 3 amide bonds. The molecule has 0 unspecified atom stereocenters. The summed E-state index contributed by atoms with van der Waals surface area (Å²) in [4.78, 5) is 39.4. The van der Waals surface area contributed by atoms with Crippen molar-refractivity contribution in [3.8, 4) is 0 Å². The van der Waals surface area contributed by atoms with Crippen molar-refractivity contribution in [1.29, 1.82) is 0 Å². The van der Waals surface area contributed by atoms with Gasteiger partial charge in [-0.05, 0) is 48.6 Å². The van der Waals surface area contributed by atoms with Gasteiger partial charge in [-0.2, -0.15) is 0 Å². The van der Waals surface area contributed by atoms with Crippen LogP contribution in [0, 0.1) is 11.7 Å². The van der Waals surface area contributed by atoms with E-state index < -0.39 is 17.9 Å². The SMILES string of the molecule is CC(C)C[C@@H](C(=O)NCCc1cccc(F)c1)N1C(=O)c2ccccc2C1=O. The first-order valence-corrected chi connectivity index (χ1v) is 9.37. The average Bonchev–Trinajstić information content (AvgIpc) is 2.91. The molecule has 2 aromatic carbocycles. The molecule has 0 saturated carbocycles. The zero-order valence-electron chi connectivity index (χ0n) is 15.9. The van der Waals surface area contributed by atoms with Gasteiger partial charge in [0.2, 0.25) is 5.91 Å². The van der Waals surface area contributed by atoms with Crippen molar-refractivity contribution in [3.05, 3.63) is 71.0 Å². The fraction of sp³-hybridized carbons (Fsp3) is 0.318. The van der Waals surface area contributed by atoms with Gasteiger partial charge in [-0.25, -0.2) is 4.39 Å². The molecule has 0 fully saturated rings. The molecule has 0 aromatic heterocycles. The Morgan fingerprint density at radius 2 is 1.68 bits per heavy atom. The van der Waals surface area contributed by atoms with E-state index in [4.69, 9.17) is 0 Å². The lowest BCUT2D eigenvalue weighted by atomic mass is 10.0.